The summed E-state index contributed by atoms with van der Waals surface area (Å²) in [5.41, 5.74) is 4.65. The van der Waals surface area contributed by atoms with Crippen molar-refractivity contribution in [2.24, 2.45) is 4.99 Å². The number of aliphatic imine (C=N–C) groups is 1. The normalized spacial score (nSPS) is 25.2. The van der Waals surface area contributed by atoms with Crippen LogP contribution in [-0.4, -0.2) is 24.7 Å². The summed E-state index contributed by atoms with van der Waals surface area (Å²) in [6.45, 7) is 4.16. The monoisotopic (exact) mass is 284 g/mol. The van der Waals surface area contributed by atoms with Crippen molar-refractivity contribution in [2.75, 3.05) is 14.1 Å². The largest absolute Gasteiger partial charge is 0.342 e. The number of rotatable bonds is 2. The van der Waals surface area contributed by atoms with Crippen molar-refractivity contribution < 1.29 is 0 Å². The third kappa shape index (κ3) is 3.05. The predicted molar refractivity (Wildman–Crippen MR) is 90.7 cm³/mol. The van der Waals surface area contributed by atoms with Gasteiger partial charge in [-0.25, -0.2) is 0 Å². The Hall–Kier alpha value is -1.74. The quantitative estimate of drug-likeness (QED) is 0.745. The van der Waals surface area contributed by atoms with Crippen LogP contribution in [0.1, 0.15) is 13.8 Å². The van der Waals surface area contributed by atoms with E-state index in [4.69, 9.17) is 0 Å². The fraction of sp³-hybridized carbons (Fsp3) is 0.235. The molecule has 104 valence electrons. The fourth-order valence-electron chi connectivity index (χ4n) is 2.05. The molecular weight excluding hydrogens is 264 g/mol. The molecule has 0 saturated carbocycles. The Labute approximate surface area is 125 Å². The highest BCUT2D eigenvalue weighted by Crippen LogP contribution is 2.34. The Balaban J connectivity index is 2.45. The van der Waals surface area contributed by atoms with Gasteiger partial charge >= 0.3 is 0 Å². The van der Waals surface area contributed by atoms with Crippen LogP contribution in [0.5, 0.6) is 0 Å². The summed E-state index contributed by atoms with van der Waals surface area (Å²) in [7, 11) is 3.93. The maximum Gasteiger partial charge on any atom is 0.0796 e. The van der Waals surface area contributed by atoms with E-state index in [0.29, 0.717) is 0 Å². The van der Waals surface area contributed by atoms with Gasteiger partial charge in [0.1, 0.15) is 0 Å². The molecule has 0 saturated heterocycles. The molecule has 0 bridgehead atoms. The molecule has 2 aliphatic rings. The molecule has 0 unspecified atom stereocenters. The molecule has 0 radical (unpaired) electrons. The Morgan fingerprint density at radius 3 is 2.65 bits per heavy atom. The minimum Gasteiger partial charge on any atom is -0.342 e. The predicted octanol–water partition coefficient (Wildman–Crippen LogP) is 4.44. The van der Waals surface area contributed by atoms with Crippen LogP contribution in [0.2, 0.25) is 0 Å². The van der Waals surface area contributed by atoms with Gasteiger partial charge in [0.15, 0.2) is 0 Å². The van der Waals surface area contributed by atoms with Crippen LogP contribution in [-0.2, 0) is 0 Å². The zero-order valence-corrected chi connectivity index (χ0v) is 13.2. The molecule has 0 aromatic heterocycles. The summed E-state index contributed by atoms with van der Waals surface area (Å²) < 4.78 is 0. The summed E-state index contributed by atoms with van der Waals surface area (Å²) in [6, 6.07) is 0. The number of nitrogens with zero attached hydrogens (tertiary/aromatic N) is 2. The van der Waals surface area contributed by atoms with Gasteiger partial charge in [0.25, 0.3) is 0 Å². The van der Waals surface area contributed by atoms with E-state index >= 15 is 0 Å². The first-order valence-corrected chi connectivity index (χ1v) is 7.53. The van der Waals surface area contributed by atoms with Gasteiger partial charge in [0, 0.05) is 25.4 Å². The number of thioether (sulfide) groups is 1. The molecule has 3 heteroatoms. The summed E-state index contributed by atoms with van der Waals surface area (Å²) in [5.74, 6) is 0. The van der Waals surface area contributed by atoms with Crippen molar-refractivity contribution in [1.29, 1.82) is 0 Å². The summed E-state index contributed by atoms with van der Waals surface area (Å²) in [6.07, 6.45) is 14.7. The first-order valence-electron chi connectivity index (χ1n) is 6.65. The van der Waals surface area contributed by atoms with Gasteiger partial charge in [0.05, 0.1) is 10.7 Å². The topological polar surface area (TPSA) is 15.6 Å². The SMILES string of the molecule is C\C=C/C(/C=C1\SC=C(C)N1C)=C1/C=CC=CC1=NC. The molecule has 0 fully saturated rings. The molecule has 0 spiro atoms. The minimum absolute atomic E-state index is 1.02. The van der Waals surface area contributed by atoms with Gasteiger partial charge in [-0.05, 0) is 37.0 Å². The smallest absolute Gasteiger partial charge is 0.0796 e. The fourth-order valence-corrected chi connectivity index (χ4v) is 3.00. The lowest BCUT2D eigenvalue weighted by Gasteiger charge is -2.16. The van der Waals surface area contributed by atoms with Gasteiger partial charge in [0.2, 0.25) is 0 Å². The van der Waals surface area contributed by atoms with Crippen LogP contribution in [0.3, 0.4) is 0 Å². The van der Waals surface area contributed by atoms with Crippen molar-refractivity contribution >= 4 is 17.5 Å². The van der Waals surface area contributed by atoms with E-state index in [-0.39, 0.29) is 0 Å². The van der Waals surface area contributed by atoms with Crippen molar-refractivity contribution in [3.05, 3.63) is 69.8 Å². The number of allylic oxidation sites excluding steroid dienone is 10. The van der Waals surface area contributed by atoms with Crippen molar-refractivity contribution in [3.8, 4) is 0 Å². The van der Waals surface area contributed by atoms with Crippen molar-refractivity contribution in [1.82, 2.24) is 4.90 Å². The minimum atomic E-state index is 1.02. The Morgan fingerprint density at radius 1 is 1.30 bits per heavy atom. The van der Waals surface area contributed by atoms with Crippen LogP contribution < -0.4 is 0 Å². The van der Waals surface area contributed by atoms with Gasteiger partial charge in [-0.1, -0.05) is 42.1 Å². The van der Waals surface area contributed by atoms with Crippen LogP contribution in [0.25, 0.3) is 0 Å². The second-order valence-corrected chi connectivity index (χ2v) is 5.50. The molecule has 1 aliphatic carbocycles. The molecule has 1 aliphatic heterocycles. The second-order valence-electron chi connectivity index (χ2n) is 4.61. The maximum absolute atomic E-state index is 4.36. The van der Waals surface area contributed by atoms with Gasteiger partial charge in [-0.15, -0.1) is 0 Å². The Bertz CT molecular complexity index is 598. The van der Waals surface area contributed by atoms with Crippen LogP contribution >= 0.6 is 11.8 Å². The summed E-state index contributed by atoms with van der Waals surface area (Å²) >= 11 is 1.76. The third-order valence-electron chi connectivity index (χ3n) is 3.29. The van der Waals surface area contributed by atoms with E-state index < -0.39 is 0 Å². The molecule has 0 aromatic rings. The second kappa shape index (κ2) is 6.62. The highest BCUT2D eigenvalue weighted by molar-refractivity contribution is 8.06. The lowest BCUT2D eigenvalue weighted by Crippen LogP contribution is -2.09. The van der Waals surface area contributed by atoms with Crippen molar-refractivity contribution in [3.63, 3.8) is 0 Å². The van der Waals surface area contributed by atoms with Crippen LogP contribution in [0.15, 0.2) is 74.8 Å². The van der Waals surface area contributed by atoms with Crippen molar-refractivity contribution in [2.45, 2.75) is 13.8 Å². The molecule has 0 N–H and O–H groups in total. The van der Waals surface area contributed by atoms with E-state index in [0.717, 1.165) is 5.71 Å². The molecule has 0 amide bonds. The van der Waals surface area contributed by atoms with Crippen LogP contribution in [0.4, 0.5) is 0 Å². The molecule has 0 aromatic carbocycles. The van der Waals surface area contributed by atoms with E-state index in [1.807, 2.05) is 26.1 Å². The van der Waals surface area contributed by atoms with Crippen LogP contribution in [0, 0.1) is 0 Å². The Kier molecular flexibility index (Phi) is 4.85. The van der Waals surface area contributed by atoms with E-state index in [9.17, 15) is 0 Å². The van der Waals surface area contributed by atoms with E-state index in [1.54, 1.807) is 11.8 Å². The van der Waals surface area contributed by atoms with Gasteiger partial charge < -0.3 is 4.90 Å². The first-order chi connectivity index (χ1) is 9.67. The molecule has 20 heavy (non-hydrogen) atoms. The third-order valence-corrected chi connectivity index (χ3v) is 4.38. The molecule has 1 heterocycles. The standard InChI is InChI=1S/C17H20N2S/c1-5-8-14(11-17-19(4)13(2)12-20-17)15-9-6-7-10-16(15)18-3/h5-12H,1-4H3/b8-5-,15-14+,17-11-,18-16?. The van der Waals surface area contributed by atoms with E-state index in [1.165, 1.54) is 21.9 Å². The molecule has 2 nitrogen and oxygen atoms in total. The molecule has 0 atom stereocenters. The first kappa shape index (κ1) is 14.7. The maximum atomic E-state index is 4.36. The van der Waals surface area contributed by atoms with Gasteiger partial charge in [-0.2, -0.15) is 0 Å². The average molecular weight is 284 g/mol. The highest BCUT2D eigenvalue weighted by atomic mass is 32.2. The molecular formula is C17H20N2S. The zero-order chi connectivity index (χ0) is 14.5. The average Bonchev–Trinajstić information content (AvgIpc) is 2.78. The number of hydrogen-bond acceptors (Lipinski definition) is 3. The zero-order valence-electron chi connectivity index (χ0n) is 12.4. The van der Waals surface area contributed by atoms with E-state index in [2.05, 4.69) is 59.7 Å². The van der Waals surface area contributed by atoms with Gasteiger partial charge in [-0.3, -0.25) is 4.99 Å². The summed E-state index contributed by atoms with van der Waals surface area (Å²) in [4.78, 5) is 6.57. The lowest BCUT2D eigenvalue weighted by molar-refractivity contribution is 0.566. The molecule has 2 rings (SSSR count). The highest BCUT2D eigenvalue weighted by Gasteiger charge is 2.15. The lowest BCUT2D eigenvalue weighted by atomic mass is 9.98. The summed E-state index contributed by atoms with van der Waals surface area (Å²) in [5, 5.41) is 3.41. The Morgan fingerprint density at radius 2 is 2.05 bits per heavy atom. The number of hydrogen-bond donors (Lipinski definition) is 0.